The molecule has 0 radical (unpaired) electrons. The first-order valence-electron chi connectivity index (χ1n) is 5.43. The molecule has 5 nitrogen and oxygen atoms in total. The van der Waals surface area contributed by atoms with Crippen LogP contribution in [0.15, 0.2) is 12.8 Å². The smallest absolute Gasteiger partial charge is 0.154 e. The van der Waals surface area contributed by atoms with Gasteiger partial charge in [-0.05, 0) is 0 Å². The molecule has 0 spiro atoms. The fraction of sp³-hybridized carbons (Fsp3) is 0.800. The molecular formula is C10H18BNO4. The van der Waals surface area contributed by atoms with E-state index in [1.165, 1.54) is 6.26 Å². The molecule has 2 bridgehead atoms. The lowest BCUT2D eigenvalue weighted by Crippen LogP contribution is -2.60. The Morgan fingerprint density at radius 2 is 2.44 bits per heavy atom. The van der Waals surface area contributed by atoms with Crippen LogP contribution in [0.4, 0.5) is 0 Å². The summed E-state index contributed by atoms with van der Waals surface area (Å²) in [5.74, 6) is 0. The Kier molecular flexibility index (Phi) is 3.25. The standard InChI is InChI=1S/C10H18BNO4/c1-4-14-8-7-9(11)16-10(8,5-13-3)6-15-12(7)2/h4,7-9H,1,5-6,11H2,2-3H3. The first-order chi connectivity index (χ1) is 7.64. The van der Waals surface area contributed by atoms with Gasteiger partial charge in [0.2, 0.25) is 0 Å². The van der Waals surface area contributed by atoms with Gasteiger partial charge >= 0.3 is 0 Å². The molecule has 0 aromatic rings. The summed E-state index contributed by atoms with van der Waals surface area (Å²) in [6.45, 7) is 4.51. The van der Waals surface area contributed by atoms with E-state index in [4.69, 9.17) is 19.0 Å². The summed E-state index contributed by atoms with van der Waals surface area (Å²) in [5.41, 5.74) is -0.514. The maximum atomic E-state index is 5.98. The number of ether oxygens (including phenoxy) is 3. The fourth-order valence-electron chi connectivity index (χ4n) is 2.67. The van der Waals surface area contributed by atoms with Crippen molar-refractivity contribution in [2.24, 2.45) is 0 Å². The zero-order valence-electron chi connectivity index (χ0n) is 10.0. The minimum Gasteiger partial charge on any atom is -0.494 e. The summed E-state index contributed by atoms with van der Waals surface area (Å²) < 4.78 is 16.8. The van der Waals surface area contributed by atoms with E-state index < -0.39 is 5.60 Å². The second-order valence-corrected chi connectivity index (χ2v) is 4.35. The van der Waals surface area contributed by atoms with E-state index in [1.54, 1.807) is 12.2 Å². The van der Waals surface area contributed by atoms with E-state index in [9.17, 15) is 0 Å². The fourth-order valence-corrected chi connectivity index (χ4v) is 2.67. The maximum Gasteiger partial charge on any atom is 0.154 e. The van der Waals surface area contributed by atoms with Crippen molar-refractivity contribution in [1.82, 2.24) is 5.06 Å². The van der Waals surface area contributed by atoms with Crippen LogP contribution in [0, 0.1) is 0 Å². The molecule has 2 saturated heterocycles. The monoisotopic (exact) mass is 227 g/mol. The molecule has 2 aliphatic heterocycles. The molecule has 4 atom stereocenters. The number of nitrogens with zero attached hydrogens (tertiary/aromatic N) is 1. The zero-order valence-corrected chi connectivity index (χ0v) is 10.0. The third kappa shape index (κ3) is 1.66. The molecule has 0 amide bonds. The Bertz CT molecular complexity index is 278. The van der Waals surface area contributed by atoms with E-state index in [2.05, 4.69) is 6.58 Å². The minimum absolute atomic E-state index is 0.0487. The average molecular weight is 227 g/mol. The van der Waals surface area contributed by atoms with Crippen LogP contribution in [-0.2, 0) is 19.0 Å². The predicted molar refractivity (Wildman–Crippen MR) is 60.6 cm³/mol. The van der Waals surface area contributed by atoms with Crippen LogP contribution < -0.4 is 0 Å². The lowest BCUT2D eigenvalue weighted by Gasteiger charge is -2.41. The Morgan fingerprint density at radius 1 is 1.69 bits per heavy atom. The molecule has 0 aromatic heterocycles. The first kappa shape index (κ1) is 11.9. The highest BCUT2D eigenvalue weighted by atomic mass is 16.7. The van der Waals surface area contributed by atoms with Crippen molar-refractivity contribution < 1.29 is 19.0 Å². The average Bonchev–Trinajstić information content (AvgIpc) is 2.42. The molecule has 2 rings (SSSR count). The zero-order chi connectivity index (χ0) is 11.8. The van der Waals surface area contributed by atoms with Crippen molar-refractivity contribution in [2.75, 3.05) is 27.4 Å². The number of fused-ring (bicyclic) bond motifs is 2. The molecule has 0 N–H and O–H groups in total. The van der Waals surface area contributed by atoms with Crippen molar-refractivity contribution in [3.05, 3.63) is 12.8 Å². The Hall–Kier alpha value is -0.555. The quantitative estimate of drug-likeness (QED) is 0.461. The molecule has 90 valence electrons. The van der Waals surface area contributed by atoms with Gasteiger partial charge in [-0.25, -0.2) is 0 Å². The van der Waals surface area contributed by atoms with E-state index in [0.717, 1.165) is 0 Å². The van der Waals surface area contributed by atoms with Crippen molar-refractivity contribution in [2.45, 2.75) is 23.8 Å². The van der Waals surface area contributed by atoms with Gasteiger partial charge in [-0.1, -0.05) is 6.58 Å². The highest BCUT2D eigenvalue weighted by Gasteiger charge is 2.60. The van der Waals surface area contributed by atoms with Crippen LogP contribution >= 0.6 is 0 Å². The molecular weight excluding hydrogens is 209 g/mol. The van der Waals surface area contributed by atoms with Crippen LogP contribution in [0.3, 0.4) is 0 Å². The second-order valence-electron chi connectivity index (χ2n) is 4.35. The van der Waals surface area contributed by atoms with Crippen LogP contribution in [-0.4, -0.2) is 64.0 Å². The van der Waals surface area contributed by atoms with Crippen molar-refractivity contribution in [3.63, 3.8) is 0 Å². The predicted octanol–water partition coefficient (Wildman–Crippen LogP) is -0.865. The largest absolute Gasteiger partial charge is 0.494 e. The molecule has 6 heteroatoms. The summed E-state index contributed by atoms with van der Waals surface area (Å²) in [6.07, 6.45) is 1.36. The number of methoxy groups -OCH3 is 1. The van der Waals surface area contributed by atoms with Crippen molar-refractivity contribution in [3.8, 4) is 0 Å². The van der Waals surface area contributed by atoms with Gasteiger partial charge in [-0.15, -0.1) is 0 Å². The molecule has 2 heterocycles. The highest BCUT2D eigenvalue weighted by Crippen LogP contribution is 2.39. The molecule has 4 unspecified atom stereocenters. The maximum absolute atomic E-state index is 5.98. The normalized spacial score (nSPS) is 43.2. The lowest BCUT2D eigenvalue weighted by atomic mass is 9.86. The van der Waals surface area contributed by atoms with Crippen LogP contribution in [0.5, 0.6) is 0 Å². The summed E-state index contributed by atoms with van der Waals surface area (Å²) >= 11 is 0. The van der Waals surface area contributed by atoms with E-state index >= 15 is 0 Å². The van der Waals surface area contributed by atoms with Gasteiger partial charge in [0.15, 0.2) is 11.7 Å². The van der Waals surface area contributed by atoms with Gasteiger partial charge in [0.25, 0.3) is 0 Å². The van der Waals surface area contributed by atoms with E-state index in [0.29, 0.717) is 13.2 Å². The van der Waals surface area contributed by atoms with E-state index in [1.807, 2.05) is 14.9 Å². The number of rotatable bonds is 4. The van der Waals surface area contributed by atoms with Gasteiger partial charge in [0.1, 0.15) is 14.5 Å². The molecule has 16 heavy (non-hydrogen) atoms. The number of hydrogen-bond acceptors (Lipinski definition) is 5. The molecule has 0 aromatic carbocycles. The van der Waals surface area contributed by atoms with Gasteiger partial charge in [0.05, 0.1) is 18.9 Å². The van der Waals surface area contributed by atoms with E-state index in [-0.39, 0.29) is 18.1 Å². The summed E-state index contributed by atoms with van der Waals surface area (Å²) in [5, 5.41) is 1.81. The van der Waals surface area contributed by atoms with Crippen LogP contribution in [0.1, 0.15) is 0 Å². The van der Waals surface area contributed by atoms with Crippen LogP contribution in [0.25, 0.3) is 0 Å². The molecule has 0 saturated carbocycles. The van der Waals surface area contributed by atoms with Crippen molar-refractivity contribution in [1.29, 1.82) is 0 Å². The lowest BCUT2D eigenvalue weighted by molar-refractivity contribution is -0.257. The summed E-state index contributed by atoms with van der Waals surface area (Å²) in [4.78, 5) is 5.58. The third-order valence-electron chi connectivity index (χ3n) is 3.29. The van der Waals surface area contributed by atoms with Gasteiger partial charge in [0, 0.05) is 20.2 Å². The third-order valence-corrected chi connectivity index (χ3v) is 3.29. The Labute approximate surface area is 96.6 Å². The van der Waals surface area contributed by atoms with Gasteiger partial charge in [-0.2, -0.15) is 5.06 Å². The minimum atomic E-state index is -0.514. The number of hydroxylamine groups is 2. The van der Waals surface area contributed by atoms with Crippen LogP contribution in [0.2, 0.25) is 0 Å². The SMILES string of the molecule is BC1OC2(COC)CON(C)C1C2OC=C. The molecule has 2 fully saturated rings. The topological polar surface area (TPSA) is 40.2 Å². The molecule has 0 aliphatic carbocycles. The Balaban J connectivity index is 2.26. The van der Waals surface area contributed by atoms with Gasteiger partial charge in [-0.3, -0.25) is 4.84 Å². The van der Waals surface area contributed by atoms with Crippen molar-refractivity contribution >= 4 is 7.85 Å². The first-order valence-corrected chi connectivity index (χ1v) is 5.43. The van der Waals surface area contributed by atoms with Gasteiger partial charge < -0.3 is 14.2 Å². The summed E-state index contributed by atoms with van der Waals surface area (Å²) in [7, 11) is 5.57. The molecule has 2 aliphatic rings. The highest BCUT2D eigenvalue weighted by molar-refractivity contribution is 6.11. The number of likely N-dealkylation sites (N-methyl/N-ethyl adjacent to an activating group) is 1. The number of hydrogen-bond donors (Lipinski definition) is 0. The second kappa shape index (κ2) is 4.37. The Morgan fingerprint density at radius 3 is 3.06 bits per heavy atom. The summed E-state index contributed by atoms with van der Waals surface area (Å²) in [6, 6.07) is 0.120.